The van der Waals surface area contributed by atoms with Crippen molar-refractivity contribution in [1.29, 1.82) is 0 Å². The highest BCUT2D eigenvalue weighted by Gasteiger charge is 2.16. The first-order chi connectivity index (χ1) is 14.8. The van der Waals surface area contributed by atoms with Crippen molar-refractivity contribution in [2.45, 2.75) is 17.6 Å². The summed E-state index contributed by atoms with van der Waals surface area (Å²) in [6.07, 6.45) is 0. The average molecular weight is 475 g/mol. The molecular weight excluding hydrogens is 452 g/mol. The molecule has 0 bridgehead atoms. The summed E-state index contributed by atoms with van der Waals surface area (Å²) in [5, 5.41) is 3.03. The Hall–Kier alpha value is -2.48. The predicted octanol–water partition coefficient (Wildman–Crippen LogP) is 5.11. The van der Waals surface area contributed by atoms with Crippen LogP contribution in [0.4, 0.5) is 5.69 Å². The van der Waals surface area contributed by atoms with Crippen molar-refractivity contribution in [3.05, 3.63) is 94.5 Å². The lowest BCUT2D eigenvalue weighted by Crippen LogP contribution is -2.26. The molecule has 0 radical (unpaired) electrons. The Labute approximate surface area is 192 Å². The van der Waals surface area contributed by atoms with Crippen molar-refractivity contribution >= 4 is 45.0 Å². The number of anilines is 1. The molecule has 0 fully saturated rings. The van der Waals surface area contributed by atoms with Crippen LogP contribution in [0.15, 0.2) is 77.7 Å². The first kappa shape index (κ1) is 23.2. The van der Waals surface area contributed by atoms with Gasteiger partial charge in [-0.1, -0.05) is 59.6 Å². The van der Waals surface area contributed by atoms with Crippen LogP contribution in [0.25, 0.3) is 0 Å². The van der Waals surface area contributed by atoms with Crippen molar-refractivity contribution in [1.82, 2.24) is 5.32 Å². The quantitative estimate of drug-likeness (QED) is 0.422. The molecule has 0 saturated carbocycles. The molecule has 31 heavy (non-hydrogen) atoms. The van der Waals surface area contributed by atoms with Crippen LogP contribution in [0, 0.1) is 6.92 Å². The summed E-state index contributed by atoms with van der Waals surface area (Å²) in [7, 11) is -3.72. The molecule has 0 heterocycles. The van der Waals surface area contributed by atoms with E-state index in [9.17, 15) is 13.2 Å². The van der Waals surface area contributed by atoms with Gasteiger partial charge in [-0.2, -0.15) is 11.8 Å². The fourth-order valence-electron chi connectivity index (χ4n) is 2.90. The minimum absolute atomic E-state index is 0.149. The molecule has 3 rings (SSSR count). The zero-order valence-corrected chi connectivity index (χ0v) is 19.4. The van der Waals surface area contributed by atoms with E-state index in [0.717, 1.165) is 11.5 Å². The van der Waals surface area contributed by atoms with Crippen molar-refractivity contribution in [3.8, 4) is 0 Å². The number of halogens is 1. The van der Waals surface area contributed by atoms with Gasteiger partial charge in [0.1, 0.15) is 0 Å². The van der Waals surface area contributed by atoms with Gasteiger partial charge in [0, 0.05) is 18.1 Å². The second kappa shape index (κ2) is 10.7. The van der Waals surface area contributed by atoms with E-state index in [2.05, 4.69) is 35.2 Å². The summed E-state index contributed by atoms with van der Waals surface area (Å²) in [5.41, 5.74) is 3.08. The SMILES string of the molecule is Cc1cccc(CSCCNC(=O)c2ccc(NS(=O)(=O)c3ccccc3)cc2Cl)c1. The highest BCUT2D eigenvalue weighted by molar-refractivity contribution is 7.98. The molecule has 0 spiro atoms. The van der Waals surface area contributed by atoms with E-state index >= 15 is 0 Å². The van der Waals surface area contributed by atoms with Crippen LogP contribution in [0.3, 0.4) is 0 Å². The van der Waals surface area contributed by atoms with Gasteiger partial charge in [0.05, 0.1) is 21.2 Å². The van der Waals surface area contributed by atoms with Crippen molar-refractivity contribution in [2.75, 3.05) is 17.0 Å². The summed E-state index contributed by atoms with van der Waals surface area (Å²) in [6, 6.07) is 20.9. The molecule has 0 unspecified atom stereocenters. The van der Waals surface area contributed by atoms with E-state index in [1.54, 1.807) is 30.0 Å². The first-order valence-corrected chi connectivity index (χ1v) is 12.7. The highest BCUT2D eigenvalue weighted by atomic mass is 35.5. The van der Waals surface area contributed by atoms with Gasteiger partial charge in [0.2, 0.25) is 0 Å². The van der Waals surface area contributed by atoms with Crippen LogP contribution in [0.2, 0.25) is 5.02 Å². The molecule has 0 atom stereocenters. The molecule has 0 aliphatic carbocycles. The molecule has 1 amide bonds. The molecule has 3 aromatic rings. The molecular formula is C23H23ClN2O3S2. The molecule has 0 aliphatic rings. The topological polar surface area (TPSA) is 75.3 Å². The van der Waals surface area contributed by atoms with Crippen LogP contribution >= 0.6 is 23.4 Å². The molecule has 0 saturated heterocycles. The number of rotatable bonds is 9. The monoisotopic (exact) mass is 474 g/mol. The second-order valence-corrected chi connectivity index (χ2v) is 10.1. The zero-order chi connectivity index (χ0) is 22.3. The maximum absolute atomic E-state index is 12.4. The van der Waals surface area contributed by atoms with Crippen molar-refractivity contribution in [3.63, 3.8) is 0 Å². The molecule has 2 N–H and O–H groups in total. The number of amides is 1. The zero-order valence-electron chi connectivity index (χ0n) is 17.0. The van der Waals surface area contributed by atoms with Gasteiger partial charge in [-0.05, 0) is 42.8 Å². The second-order valence-electron chi connectivity index (χ2n) is 6.91. The standard InChI is InChI=1S/C23H23ClN2O3S2/c1-17-6-5-7-18(14-17)16-30-13-12-25-23(27)21-11-10-19(15-22(21)24)26-31(28,29)20-8-3-2-4-9-20/h2-11,14-15,26H,12-13,16H2,1H3,(H,25,27). The number of hydrogen-bond donors (Lipinski definition) is 2. The Balaban J connectivity index is 1.51. The fraction of sp³-hybridized carbons (Fsp3) is 0.174. The largest absolute Gasteiger partial charge is 0.351 e. The van der Waals surface area contributed by atoms with Gasteiger partial charge >= 0.3 is 0 Å². The number of carbonyl (C=O) groups is 1. The predicted molar refractivity (Wildman–Crippen MR) is 128 cm³/mol. The van der Waals surface area contributed by atoms with E-state index in [-0.39, 0.29) is 15.8 Å². The van der Waals surface area contributed by atoms with Crippen molar-refractivity contribution in [2.24, 2.45) is 0 Å². The minimum atomic E-state index is -3.72. The number of aryl methyl sites for hydroxylation is 1. The summed E-state index contributed by atoms with van der Waals surface area (Å²) < 4.78 is 27.3. The van der Waals surface area contributed by atoms with Crippen LogP contribution in [0.5, 0.6) is 0 Å². The lowest BCUT2D eigenvalue weighted by Gasteiger charge is -2.11. The Morgan fingerprint density at radius 2 is 1.77 bits per heavy atom. The summed E-state index contributed by atoms with van der Waals surface area (Å²) >= 11 is 7.97. The minimum Gasteiger partial charge on any atom is -0.351 e. The normalized spacial score (nSPS) is 11.2. The van der Waals surface area contributed by atoms with E-state index < -0.39 is 10.0 Å². The molecule has 5 nitrogen and oxygen atoms in total. The lowest BCUT2D eigenvalue weighted by molar-refractivity contribution is 0.0956. The molecule has 8 heteroatoms. The summed E-state index contributed by atoms with van der Waals surface area (Å²) in [6.45, 7) is 2.57. The molecule has 3 aromatic carbocycles. The molecule has 0 aliphatic heterocycles. The molecule has 162 valence electrons. The van der Waals surface area contributed by atoms with Gasteiger partial charge in [-0.25, -0.2) is 8.42 Å². The Morgan fingerprint density at radius 3 is 2.48 bits per heavy atom. The number of nitrogens with one attached hydrogen (secondary N) is 2. The third kappa shape index (κ3) is 6.75. The van der Waals surface area contributed by atoms with Crippen LogP contribution in [-0.2, 0) is 15.8 Å². The number of carbonyl (C=O) groups excluding carboxylic acids is 1. The number of sulfonamides is 1. The van der Waals surface area contributed by atoms with E-state index in [4.69, 9.17) is 11.6 Å². The van der Waals surface area contributed by atoms with Gasteiger partial charge in [0.25, 0.3) is 15.9 Å². The van der Waals surface area contributed by atoms with Gasteiger partial charge in [-0.15, -0.1) is 0 Å². The maximum atomic E-state index is 12.4. The average Bonchev–Trinajstić information content (AvgIpc) is 2.74. The summed E-state index contributed by atoms with van der Waals surface area (Å²) in [4.78, 5) is 12.6. The number of hydrogen-bond acceptors (Lipinski definition) is 4. The maximum Gasteiger partial charge on any atom is 0.261 e. The van der Waals surface area contributed by atoms with E-state index in [1.807, 2.05) is 6.07 Å². The summed E-state index contributed by atoms with van der Waals surface area (Å²) in [5.74, 6) is 1.36. The van der Waals surface area contributed by atoms with Crippen LogP contribution < -0.4 is 10.0 Å². The Bertz CT molecular complexity index is 1150. The third-order valence-corrected chi connectivity index (χ3v) is 7.14. The Morgan fingerprint density at radius 1 is 1.00 bits per heavy atom. The number of thioether (sulfide) groups is 1. The molecule has 0 aromatic heterocycles. The van der Waals surface area contributed by atoms with Gasteiger partial charge < -0.3 is 5.32 Å². The smallest absolute Gasteiger partial charge is 0.261 e. The van der Waals surface area contributed by atoms with Crippen LogP contribution in [0.1, 0.15) is 21.5 Å². The Kier molecular flexibility index (Phi) is 8.01. The van der Waals surface area contributed by atoms with E-state index in [1.165, 1.54) is 41.5 Å². The fourth-order valence-corrected chi connectivity index (χ4v) is 5.04. The van der Waals surface area contributed by atoms with Crippen LogP contribution in [-0.4, -0.2) is 26.6 Å². The highest BCUT2D eigenvalue weighted by Crippen LogP contribution is 2.23. The number of benzene rings is 3. The van der Waals surface area contributed by atoms with Crippen molar-refractivity contribution < 1.29 is 13.2 Å². The lowest BCUT2D eigenvalue weighted by atomic mass is 10.2. The first-order valence-electron chi connectivity index (χ1n) is 9.64. The van der Waals surface area contributed by atoms with E-state index in [0.29, 0.717) is 17.8 Å². The third-order valence-electron chi connectivity index (χ3n) is 4.40. The van der Waals surface area contributed by atoms with Gasteiger partial charge in [-0.3, -0.25) is 9.52 Å². The van der Waals surface area contributed by atoms with Gasteiger partial charge in [0.15, 0.2) is 0 Å².